The third-order valence-corrected chi connectivity index (χ3v) is 5.61. The molecule has 0 aliphatic carbocycles. The van der Waals surface area contributed by atoms with Crippen LogP contribution in [0.4, 0.5) is 0 Å². The number of hydrogen-bond donors (Lipinski definition) is 1. The number of sulfonamides is 1. The van der Waals surface area contributed by atoms with E-state index in [-0.39, 0.29) is 10.6 Å². The first kappa shape index (κ1) is 17.8. The van der Waals surface area contributed by atoms with E-state index >= 15 is 0 Å². The van der Waals surface area contributed by atoms with Crippen LogP contribution in [0, 0.1) is 0 Å². The second kappa shape index (κ2) is 7.11. The molecule has 0 unspecified atom stereocenters. The molecular weight excluding hydrogens is 366 g/mol. The quantitative estimate of drug-likeness (QED) is 0.858. The van der Waals surface area contributed by atoms with Crippen LogP contribution in [0.3, 0.4) is 0 Å². The van der Waals surface area contributed by atoms with Gasteiger partial charge < -0.3 is 14.2 Å². The van der Waals surface area contributed by atoms with Crippen LogP contribution in [0.25, 0.3) is 0 Å². The molecule has 1 N–H and O–H groups in total. The molecule has 3 rings (SSSR count). The highest BCUT2D eigenvalue weighted by atomic mass is 35.5. The van der Waals surface area contributed by atoms with Crippen molar-refractivity contribution in [1.82, 2.24) is 4.72 Å². The highest BCUT2D eigenvalue weighted by Crippen LogP contribution is 2.33. The van der Waals surface area contributed by atoms with E-state index in [9.17, 15) is 8.42 Å². The molecule has 6 nitrogen and oxygen atoms in total. The molecule has 1 aliphatic heterocycles. The number of hydrogen-bond acceptors (Lipinski definition) is 5. The van der Waals surface area contributed by atoms with Crippen LogP contribution in [0.5, 0.6) is 17.2 Å². The molecule has 0 fully saturated rings. The Morgan fingerprint density at radius 1 is 1.12 bits per heavy atom. The highest BCUT2D eigenvalue weighted by Gasteiger charge is 2.24. The summed E-state index contributed by atoms with van der Waals surface area (Å²) in [5, 5.41) is 0.313. The number of methoxy groups -OCH3 is 1. The summed E-state index contributed by atoms with van der Waals surface area (Å²) in [5.41, 5.74) is 0.758. The molecule has 0 bridgehead atoms. The Labute approximate surface area is 151 Å². The van der Waals surface area contributed by atoms with E-state index in [1.807, 2.05) is 0 Å². The highest BCUT2D eigenvalue weighted by molar-refractivity contribution is 7.89. The molecule has 0 saturated carbocycles. The summed E-state index contributed by atoms with van der Waals surface area (Å²) >= 11 is 5.93. The maximum atomic E-state index is 12.7. The van der Waals surface area contributed by atoms with Gasteiger partial charge in [-0.15, -0.1) is 0 Å². The molecule has 2 aromatic carbocycles. The van der Waals surface area contributed by atoms with Gasteiger partial charge in [-0.05, 0) is 42.8 Å². The van der Waals surface area contributed by atoms with Crippen LogP contribution >= 0.6 is 11.6 Å². The second-order valence-electron chi connectivity index (χ2n) is 5.54. The zero-order valence-corrected chi connectivity index (χ0v) is 15.4. The summed E-state index contributed by atoms with van der Waals surface area (Å²) in [6.07, 6.45) is 0. The van der Waals surface area contributed by atoms with Gasteiger partial charge in [-0.25, -0.2) is 13.1 Å². The van der Waals surface area contributed by atoms with Gasteiger partial charge in [0.2, 0.25) is 10.0 Å². The lowest BCUT2D eigenvalue weighted by atomic mass is 10.1. The maximum absolute atomic E-state index is 12.7. The third-order valence-electron chi connectivity index (χ3n) is 3.81. The molecule has 1 heterocycles. The maximum Gasteiger partial charge on any atom is 0.244 e. The number of rotatable bonds is 5. The Morgan fingerprint density at radius 2 is 1.84 bits per heavy atom. The van der Waals surface area contributed by atoms with Crippen LogP contribution in [0.15, 0.2) is 41.3 Å². The van der Waals surface area contributed by atoms with E-state index in [4.69, 9.17) is 25.8 Å². The predicted molar refractivity (Wildman–Crippen MR) is 94.2 cm³/mol. The minimum absolute atomic E-state index is 0.00751. The largest absolute Gasteiger partial charge is 0.495 e. The fraction of sp³-hybridized carbons (Fsp3) is 0.294. The van der Waals surface area contributed by atoms with E-state index in [2.05, 4.69) is 4.72 Å². The molecule has 1 atom stereocenters. The van der Waals surface area contributed by atoms with Gasteiger partial charge in [0.1, 0.15) is 23.9 Å². The summed E-state index contributed by atoms with van der Waals surface area (Å²) in [5.74, 6) is 1.49. The predicted octanol–water partition coefficient (Wildman–Crippen LogP) is 3.16. The van der Waals surface area contributed by atoms with Crippen molar-refractivity contribution < 1.29 is 22.6 Å². The zero-order valence-electron chi connectivity index (χ0n) is 13.8. The summed E-state index contributed by atoms with van der Waals surface area (Å²) < 4.78 is 44.2. The van der Waals surface area contributed by atoms with Gasteiger partial charge in [0, 0.05) is 11.1 Å². The Morgan fingerprint density at radius 3 is 2.56 bits per heavy atom. The Bertz CT molecular complexity index is 885. The van der Waals surface area contributed by atoms with Crippen molar-refractivity contribution in [2.75, 3.05) is 20.3 Å². The van der Waals surface area contributed by atoms with Crippen molar-refractivity contribution in [3.63, 3.8) is 0 Å². The summed E-state index contributed by atoms with van der Waals surface area (Å²) in [7, 11) is -2.42. The molecule has 0 spiro atoms. The first-order valence-electron chi connectivity index (χ1n) is 7.66. The molecule has 0 amide bonds. The summed E-state index contributed by atoms with van der Waals surface area (Å²) in [6.45, 7) is 2.72. The van der Waals surface area contributed by atoms with Gasteiger partial charge in [-0.3, -0.25) is 0 Å². The molecule has 25 heavy (non-hydrogen) atoms. The van der Waals surface area contributed by atoms with Crippen molar-refractivity contribution in [3.05, 3.63) is 47.0 Å². The zero-order chi connectivity index (χ0) is 18.0. The van der Waals surface area contributed by atoms with E-state index in [0.29, 0.717) is 29.7 Å². The third kappa shape index (κ3) is 3.84. The average Bonchev–Trinajstić information content (AvgIpc) is 2.61. The first-order valence-corrected chi connectivity index (χ1v) is 9.52. The second-order valence-corrected chi connectivity index (χ2v) is 7.66. The molecule has 0 aromatic heterocycles. The Kier molecular flexibility index (Phi) is 5.08. The van der Waals surface area contributed by atoms with Crippen molar-refractivity contribution in [1.29, 1.82) is 0 Å². The van der Waals surface area contributed by atoms with Crippen molar-refractivity contribution in [3.8, 4) is 17.2 Å². The molecule has 2 aromatic rings. The molecule has 0 saturated heterocycles. The topological polar surface area (TPSA) is 73.9 Å². The average molecular weight is 384 g/mol. The SMILES string of the molecule is COc1ccc(Cl)cc1S(=O)(=O)N[C@@H](C)c1ccc2c(c1)OCCO2. The molecule has 0 radical (unpaired) electrons. The Balaban J connectivity index is 1.87. The van der Waals surface area contributed by atoms with Gasteiger partial charge in [-0.2, -0.15) is 0 Å². The van der Waals surface area contributed by atoms with Crippen molar-refractivity contribution in [2.24, 2.45) is 0 Å². The van der Waals surface area contributed by atoms with E-state index in [0.717, 1.165) is 5.56 Å². The number of halogens is 1. The lowest BCUT2D eigenvalue weighted by Gasteiger charge is -2.21. The van der Waals surface area contributed by atoms with Crippen LogP contribution in [-0.4, -0.2) is 28.7 Å². The van der Waals surface area contributed by atoms with Gasteiger partial charge in [0.25, 0.3) is 0 Å². The standard InChI is InChI=1S/C17H18ClNO5S/c1-11(12-3-5-14-16(9-12)24-8-7-23-14)19-25(20,21)17-10-13(18)4-6-15(17)22-2/h3-6,9-11,19H,7-8H2,1-2H3/t11-/m0/s1. The van der Waals surface area contributed by atoms with Crippen molar-refractivity contribution in [2.45, 2.75) is 17.9 Å². The van der Waals surface area contributed by atoms with E-state index in [1.54, 1.807) is 31.2 Å². The van der Waals surface area contributed by atoms with Crippen LogP contribution in [0.1, 0.15) is 18.5 Å². The van der Waals surface area contributed by atoms with Crippen LogP contribution in [0.2, 0.25) is 5.02 Å². The lowest BCUT2D eigenvalue weighted by molar-refractivity contribution is 0.171. The minimum atomic E-state index is -3.83. The van der Waals surface area contributed by atoms with E-state index < -0.39 is 16.1 Å². The van der Waals surface area contributed by atoms with E-state index in [1.165, 1.54) is 19.2 Å². The van der Waals surface area contributed by atoms with Gasteiger partial charge in [0.15, 0.2) is 11.5 Å². The molecular formula is C17H18ClNO5S. The minimum Gasteiger partial charge on any atom is -0.495 e. The first-order chi connectivity index (χ1) is 11.9. The summed E-state index contributed by atoms with van der Waals surface area (Å²) in [6, 6.07) is 9.32. The van der Waals surface area contributed by atoms with Crippen molar-refractivity contribution >= 4 is 21.6 Å². The van der Waals surface area contributed by atoms with Gasteiger partial charge in [-0.1, -0.05) is 17.7 Å². The monoisotopic (exact) mass is 383 g/mol. The number of fused-ring (bicyclic) bond motifs is 1. The number of benzene rings is 2. The Hall–Kier alpha value is -1.96. The molecule has 8 heteroatoms. The lowest BCUT2D eigenvalue weighted by Crippen LogP contribution is -2.27. The fourth-order valence-corrected chi connectivity index (χ4v) is 4.22. The van der Waals surface area contributed by atoms with Crippen LogP contribution in [-0.2, 0) is 10.0 Å². The molecule has 134 valence electrons. The number of ether oxygens (including phenoxy) is 3. The van der Waals surface area contributed by atoms with Crippen LogP contribution < -0.4 is 18.9 Å². The normalized spacial score (nSPS) is 14.8. The van der Waals surface area contributed by atoms with Gasteiger partial charge in [0.05, 0.1) is 7.11 Å². The van der Waals surface area contributed by atoms with Gasteiger partial charge >= 0.3 is 0 Å². The fourth-order valence-electron chi connectivity index (χ4n) is 2.55. The number of nitrogens with one attached hydrogen (secondary N) is 1. The summed E-state index contributed by atoms with van der Waals surface area (Å²) in [4.78, 5) is -0.00751. The molecule has 1 aliphatic rings. The smallest absolute Gasteiger partial charge is 0.244 e.